The summed E-state index contributed by atoms with van der Waals surface area (Å²) in [7, 11) is 0. The number of ether oxygens (including phenoxy) is 1. The van der Waals surface area contributed by atoms with Crippen molar-refractivity contribution in [2.24, 2.45) is 0 Å². The van der Waals surface area contributed by atoms with Crippen LogP contribution in [0.15, 0.2) is 42.5 Å². The zero-order valence-electron chi connectivity index (χ0n) is 18.5. The number of carbonyl (C=O) groups excluding carboxylic acids is 1. The van der Waals surface area contributed by atoms with Crippen LogP contribution in [-0.4, -0.2) is 25.5 Å². The number of benzene rings is 2. The Labute approximate surface area is 194 Å². The van der Waals surface area contributed by atoms with Crippen LogP contribution in [0.5, 0.6) is 11.5 Å². The van der Waals surface area contributed by atoms with Crippen LogP contribution in [0.4, 0.5) is 17.2 Å². The quantitative estimate of drug-likeness (QED) is 0.356. The molecule has 1 aliphatic carbocycles. The van der Waals surface area contributed by atoms with Crippen molar-refractivity contribution in [2.45, 2.75) is 45.6 Å². The van der Waals surface area contributed by atoms with Crippen molar-refractivity contribution in [1.29, 1.82) is 0 Å². The van der Waals surface area contributed by atoms with Crippen LogP contribution in [0.2, 0.25) is 0 Å². The predicted octanol–water partition coefficient (Wildman–Crippen LogP) is 4.71. The van der Waals surface area contributed by atoms with Crippen molar-refractivity contribution in [3.63, 3.8) is 0 Å². The third-order valence-electron chi connectivity index (χ3n) is 5.62. The molecule has 11 nitrogen and oxygen atoms in total. The number of nitro benzene ring substituents is 1. The lowest BCUT2D eigenvalue weighted by molar-refractivity contribution is -0.389. The van der Waals surface area contributed by atoms with Crippen molar-refractivity contribution in [1.82, 2.24) is 9.78 Å². The minimum absolute atomic E-state index is 0.108. The standard InChI is InChI=1S/C23H23N5O6/c1-15-10-22(28(32)33)25-26(15)9-3-6-23(29)24-18-12-19(27(30)31)14-21(13-18)34-20-8-7-16-4-2-5-17(16)11-20/h7-8,10-14H,2-6,9H2,1H3,(H,24,29). The fourth-order valence-corrected chi connectivity index (χ4v) is 3.99. The second-order valence-electron chi connectivity index (χ2n) is 8.13. The molecule has 0 unspecified atom stereocenters. The summed E-state index contributed by atoms with van der Waals surface area (Å²) in [6.45, 7) is 2.03. The molecule has 34 heavy (non-hydrogen) atoms. The van der Waals surface area contributed by atoms with Gasteiger partial charge in [-0.1, -0.05) is 6.07 Å². The number of anilines is 1. The van der Waals surface area contributed by atoms with E-state index in [0.29, 0.717) is 24.4 Å². The van der Waals surface area contributed by atoms with Crippen LogP contribution in [0.3, 0.4) is 0 Å². The van der Waals surface area contributed by atoms with Crippen LogP contribution < -0.4 is 10.1 Å². The fraction of sp³-hybridized carbons (Fsp3) is 0.304. The Hall–Kier alpha value is -4.28. The van der Waals surface area contributed by atoms with Gasteiger partial charge >= 0.3 is 5.82 Å². The Morgan fingerprint density at radius 2 is 1.85 bits per heavy atom. The first-order chi connectivity index (χ1) is 16.3. The highest BCUT2D eigenvalue weighted by molar-refractivity contribution is 5.91. The number of hydrogen-bond donors (Lipinski definition) is 1. The molecule has 1 N–H and O–H groups in total. The molecule has 0 fully saturated rings. The van der Waals surface area contributed by atoms with E-state index in [2.05, 4.69) is 10.4 Å². The minimum Gasteiger partial charge on any atom is -0.457 e. The lowest BCUT2D eigenvalue weighted by Crippen LogP contribution is -2.13. The van der Waals surface area contributed by atoms with Crippen molar-refractivity contribution in [3.8, 4) is 11.5 Å². The number of non-ortho nitro benzene ring substituents is 1. The number of rotatable bonds is 9. The second-order valence-corrected chi connectivity index (χ2v) is 8.13. The number of nitrogens with zero attached hydrogens (tertiary/aromatic N) is 4. The van der Waals surface area contributed by atoms with Gasteiger partial charge in [-0.15, -0.1) is 0 Å². The monoisotopic (exact) mass is 465 g/mol. The number of amides is 1. The Bertz CT molecular complexity index is 1270. The first-order valence-corrected chi connectivity index (χ1v) is 10.9. The number of aryl methyl sites for hydroxylation is 4. The first-order valence-electron chi connectivity index (χ1n) is 10.9. The summed E-state index contributed by atoms with van der Waals surface area (Å²) < 4.78 is 7.34. The number of aromatic nitrogens is 2. The van der Waals surface area contributed by atoms with Gasteiger partial charge in [-0.05, 0) is 60.8 Å². The van der Waals surface area contributed by atoms with E-state index in [1.807, 2.05) is 18.2 Å². The SMILES string of the molecule is Cc1cc([N+](=O)[O-])nn1CCCC(=O)Nc1cc(Oc2ccc3c(c2)CCC3)cc([N+](=O)[O-])c1. The van der Waals surface area contributed by atoms with Crippen LogP contribution in [-0.2, 0) is 24.2 Å². The molecular weight excluding hydrogens is 442 g/mol. The van der Waals surface area contributed by atoms with E-state index in [1.165, 1.54) is 34.0 Å². The largest absolute Gasteiger partial charge is 0.457 e. The molecule has 0 bridgehead atoms. The first kappa shape index (κ1) is 22.9. The zero-order chi connectivity index (χ0) is 24.2. The van der Waals surface area contributed by atoms with Crippen LogP contribution >= 0.6 is 0 Å². The number of nitrogens with one attached hydrogen (secondary N) is 1. The molecule has 0 spiro atoms. The van der Waals surface area contributed by atoms with Crippen LogP contribution in [0.25, 0.3) is 0 Å². The number of fused-ring (bicyclic) bond motifs is 1. The predicted molar refractivity (Wildman–Crippen MR) is 123 cm³/mol. The van der Waals surface area contributed by atoms with Crippen molar-refractivity contribution in [3.05, 3.63) is 79.5 Å². The number of nitro groups is 2. The molecule has 1 heterocycles. The van der Waals surface area contributed by atoms with Gasteiger partial charge in [0.15, 0.2) is 0 Å². The van der Waals surface area contributed by atoms with Crippen molar-refractivity contribution < 1.29 is 19.4 Å². The van der Waals surface area contributed by atoms with Gasteiger partial charge in [-0.3, -0.25) is 14.9 Å². The zero-order valence-corrected chi connectivity index (χ0v) is 18.5. The summed E-state index contributed by atoms with van der Waals surface area (Å²) in [4.78, 5) is 33.5. The summed E-state index contributed by atoms with van der Waals surface area (Å²) in [5.74, 6) is 0.252. The maximum atomic E-state index is 12.4. The van der Waals surface area contributed by atoms with E-state index in [4.69, 9.17) is 4.74 Å². The van der Waals surface area contributed by atoms with Crippen LogP contribution in [0.1, 0.15) is 36.1 Å². The van der Waals surface area contributed by atoms with Gasteiger partial charge in [0, 0.05) is 18.6 Å². The molecule has 0 aliphatic heterocycles. The van der Waals surface area contributed by atoms with E-state index >= 15 is 0 Å². The molecule has 3 aromatic rings. The summed E-state index contributed by atoms with van der Waals surface area (Å²) in [6.07, 6.45) is 3.62. The molecule has 4 rings (SSSR count). The van der Waals surface area contributed by atoms with Crippen molar-refractivity contribution in [2.75, 3.05) is 5.32 Å². The van der Waals surface area contributed by atoms with E-state index in [-0.39, 0.29) is 35.3 Å². The normalized spacial score (nSPS) is 12.3. The molecule has 11 heteroatoms. The highest BCUT2D eigenvalue weighted by Gasteiger charge is 2.17. The maximum Gasteiger partial charge on any atom is 0.390 e. The van der Waals surface area contributed by atoms with Gasteiger partial charge in [0.25, 0.3) is 5.69 Å². The van der Waals surface area contributed by atoms with Gasteiger partial charge in [0.05, 0.1) is 40.1 Å². The highest BCUT2D eigenvalue weighted by Crippen LogP contribution is 2.32. The van der Waals surface area contributed by atoms with Gasteiger partial charge < -0.3 is 20.2 Å². The molecule has 1 aliphatic rings. The molecule has 0 saturated carbocycles. The van der Waals surface area contributed by atoms with Crippen molar-refractivity contribution >= 4 is 23.1 Å². The lowest BCUT2D eigenvalue weighted by atomic mass is 10.1. The average molecular weight is 465 g/mol. The number of hydrogen-bond acceptors (Lipinski definition) is 7. The van der Waals surface area contributed by atoms with E-state index in [9.17, 15) is 25.0 Å². The molecule has 0 atom stereocenters. The molecule has 0 radical (unpaired) electrons. The Morgan fingerprint density at radius 1 is 1.06 bits per heavy atom. The van der Waals surface area contributed by atoms with E-state index in [0.717, 1.165) is 19.3 Å². The molecule has 176 valence electrons. The molecule has 2 aromatic carbocycles. The molecule has 1 amide bonds. The second kappa shape index (κ2) is 9.69. The highest BCUT2D eigenvalue weighted by atomic mass is 16.6. The lowest BCUT2D eigenvalue weighted by Gasteiger charge is -2.10. The van der Waals surface area contributed by atoms with Gasteiger partial charge in [-0.25, -0.2) is 0 Å². The Morgan fingerprint density at radius 3 is 2.59 bits per heavy atom. The summed E-state index contributed by atoms with van der Waals surface area (Å²) in [5.41, 5.74) is 3.18. The fourth-order valence-electron chi connectivity index (χ4n) is 3.99. The summed E-state index contributed by atoms with van der Waals surface area (Å²) in [6, 6.07) is 11.3. The topological polar surface area (TPSA) is 142 Å². The molecule has 0 saturated heterocycles. The molecular formula is C23H23N5O6. The summed E-state index contributed by atoms with van der Waals surface area (Å²) in [5, 5.41) is 28.8. The van der Waals surface area contributed by atoms with Gasteiger partial charge in [0.2, 0.25) is 5.91 Å². The Kier molecular flexibility index (Phi) is 6.53. The minimum atomic E-state index is -0.569. The third kappa shape index (κ3) is 5.37. The van der Waals surface area contributed by atoms with Gasteiger partial charge in [-0.2, -0.15) is 4.68 Å². The maximum absolute atomic E-state index is 12.4. The van der Waals surface area contributed by atoms with E-state index in [1.54, 1.807) is 13.0 Å². The average Bonchev–Trinajstić information content (AvgIpc) is 3.40. The third-order valence-corrected chi connectivity index (χ3v) is 5.62. The smallest absolute Gasteiger partial charge is 0.390 e. The summed E-state index contributed by atoms with van der Waals surface area (Å²) >= 11 is 0. The van der Waals surface area contributed by atoms with Crippen LogP contribution in [0, 0.1) is 27.2 Å². The number of carbonyl (C=O) groups is 1. The van der Waals surface area contributed by atoms with Gasteiger partial charge in [0.1, 0.15) is 11.5 Å². The van der Waals surface area contributed by atoms with E-state index < -0.39 is 9.85 Å². The Balaban J connectivity index is 1.40. The molecule has 1 aromatic heterocycles.